The van der Waals surface area contributed by atoms with E-state index in [1.165, 1.54) is 6.08 Å². The zero-order valence-corrected chi connectivity index (χ0v) is 7.45. The molecule has 0 N–H and O–H groups in total. The first-order valence-electron chi connectivity index (χ1n) is 4.02. The van der Waals surface area contributed by atoms with E-state index < -0.39 is 0 Å². The lowest BCUT2D eigenvalue weighted by Crippen LogP contribution is -2.22. The molecular weight excluding hydrogens is 164 g/mol. The van der Waals surface area contributed by atoms with E-state index in [0.29, 0.717) is 18.7 Å². The molecule has 13 heavy (non-hydrogen) atoms. The van der Waals surface area contributed by atoms with Gasteiger partial charge in [-0.2, -0.15) is 5.26 Å². The number of carbonyl (C=O) groups excluding carboxylic acids is 1. The van der Waals surface area contributed by atoms with Crippen molar-refractivity contribution in [3.05, 3.63) is 11.8 Å². The molecule has 1 saturated heterocycles. The van der Waals surface area contributed by atoms with Gasteiger partial charge in [0.05, 0.1) is 6.07 Å². The Hall–Kier alpha value is -1.74. The molecule has 1 aliphatic heterocycles. The molecule has 0 spiro atoms. The second kappa shape index (κ2) is 3.78. The summed E-state index contributed by atoms with van der Waals surface area (Å²) in [6, 6.07) is 1.89. The average Bonchev–Trinajstić information content (AvgIpc) is 2.47. The molecule has 1 aliphatic rings. The zero-order valence-electron chi connectivity index (χ0n) is 7.45. The Morgan fingerprint density at radius 3 is 3.00 bits per heavy atom. The monoisotopic (exact) mass is 174 g/mol. The maximum Gasteiger partial charge on any atom is 0.228 e. The summed E-state index contributed by atoms with van der Waals surface area (Å²) in [6.07, 6.45) is 6.97. The van der Waals surface area contributed by atoms with Crippen molar-refractivity contribution in [2.24, 2.45) is 5.92 Å². The van der Waals surface area contributed by atoms with Crippen molar-refractivity contribution in [1.29, 1.82) is 5.26 Å². The number of hydrogen-bond acceptors (Lipinski definition) is 2. The molecule has 3 nitrogen and oxygen atoms in total. The van der Waals surface area contributed by atoms with Crippen LogP contribution in [0.25, 0.3) is 0 Å². The standard InChI is InChI=1S/C10H10N2O/c1-3-9-6-10(13)12(7-9)8(2)4-5-11/h1,4,9H,6-7H2,2H3. The molecule has 1 rings (SSSR count). The number of likely N-dealkylation sites (tertiary alicyclic amines) is 1. The summed E-state index contributed by atoms with van der Waals surface area (Å²) in [5.74, 6) is 2.55. The summed E-state index contributed by atoms with van der Waals surface area (Å²) < 4.78 is 0. The zero-order chi connectivity index (χ0) is 9.84. The molecule has 1 amide bonds. The Morgan fingerprint density at radius 1 is 1.85 bits per heavy atom. The third-order valence-electron chi connectivity index (χ3n) is 2.06. The van der Waals surface area contributed by atoms with Crippen molar-refractivity contribution in [2.75, 3.05) is 6.54 Å². The van der Waals surface area contributed by atoms with Gasteiger partial charge in [0.15, 0.2) is 0 Å². The Morgan fingerprint density at radius 2 is 2.54 bits per heavy atom. The summed E-state index contributed by atoms with van der Waals surface area (Å²) in [5.41, 5.74) is 0.672. The summed E-state index contributed by atoms with van der Waals surface area (Å²) >= 11 is 0. The van der Waals surface area contributed by atoms with Crippen LogP contribution in [0, 0.1) is 29.6 Å². The highest BCUT2D eigenvalue weighted by atomic mass is 16.2. The van der Waals surface area contributed by atoms with Gasteiger partial charge < -0.3 is 4.90 Å². The van der Waals surface area contributed by atoms with Crippen molar-refractivity contribution in [3.63, 3.8) is 0 Å². The lowest BCUT2D eigenvalue weighted by molar-refractivity contribution is -0.126. The Kier molecular flexibility index (Phi) is 2.72. The van der Waals surface area contributed by atoms with Crippen LogP contribution < -0.4 is 0 Å². The van der Waals surface area contributed by atoms with Crippen LogP contribution in [0.2, 0.25) is 0 Å². The number of amides is 1. The Balaban J connectivity index is 2.76. The average molecular weight is 174 g/mol. The van der Waals surface area contributed by atoms with Crippen molar-refractivity contribution >= 4 is 5.91 Å². The fraction of sp³-hybridized carbons (Fsp3) is 0.400. The van der Waals surface area contributed by atoms with Crippen LogP contribution in [0.1, 0.15) is 13.3 Å². The van der Waals surface area contributed by atoms with Gasteiger partial charge in [-0.3, -0.25) is 4.79 Å². The van der Waals surface area contributed by atoms with E-state index in [0.717, 1.165) is 0 Å². The van der Waals surface area contributed by atoms with Crippen molar-refractivity contribution in [3.8, 4) is 18.4 Å². The van der Waals surface area contributed by atoms with Gasteiger partial charge in [-0.25, -0.2) is 0 Å². The minimum Gasteiger partial charge on any atom is -0.314 e. The molecule has 0 aromatic rings. The molecule has 0 radical (unpaired) electrons. The van der Waals surface area contributed by atoms with E-state index in [4.69, 9.17) is 11.7 Å². The first-order valence-corrected chi connectivity index (χ1v) is 4.02. The van der Waals surface area contributed by atoms with Gasteiger partial charge in [0.1, 0.15) is 0 Å². The van der Waals surface area contributed by atoms with Gasteiger partial charge in [0, 0.05) is 30.7 Å². The van der Waals surface area contributed by atoms with Crippen LogP contribution >= 0.6 is 0 Å². The fourth-order valence-electron chi connectivity index (χ4n) is 1.33. The third kappa shape index (κ3) is 1.89. The number of allylic oxidation sites excluding steroid dienone is 2. The van der Waals surface area contributed by atoms with E-state index in [2.05, 4.69) is 5.92 Å². The van der Waals surface area contributed by atoms with Gasteiger partial charge in [-0.05, 0) is 6.92 Å². The van der Waals surface area contributed by atoms with Gasteiger partial charge in [-0.15, -0.1) is 12.3 Å². The summed E-state index contributed by atoms with van der Waals surface area (Å²) in [5, 5.41) is 8.40. The molecule has 0 bridgehead atoms. The lowest BCUT2D eigenvalue weighted by Gasteiger charge is -2.14. The number of nitrogens with zero attached hydrogens (tertiary/aromatic N) is 2. The quantitative estimate of drug-likeness (QED) is 0.438. The van der Waals surface area contributed by atoms with Crippen LogP contribution in [0.15, 0.2) is 11.8 Å². The Labute approximate surface area is 77.6 Å². The molecule has 0 aliphatic carbocycles. The number of nitriles is 1. The predicted octanol–water partition coefficient (Wildman–Crippen LogP) is 0.895. The van der Waals surface area contributed by atoms with Gasteiger partial charge >= 0.3 is 0 Å². The first-order chi connectivity index (χ1) is 6.19. The highest BCUT2D eigenvalue weighted by molar-refractivity contribution is 5.81. The fourth-order valence-corrected chi connectivity index (χ4v) is 1.33. The molecule has 1 fully saturated rings. The predicted molar refractivity (Wildman–Crippen MR) is 48.0 cm³/mol. The number of carbonyl (C=O) groups is 1. The molecule has 1 unspecified atom stereocenters. The van der Waals surface area contributed by atoms with E-state index in [9.17, 15) is 4.79 Å². The van der Waals surface area contributed by atoms with Crippen molar-refractivity contribution < 1.29 is 4.79 Å². The summed E-state index contributed by atoms with van der Waals surface area (Å²) in [7, 11) is 0. The largest absolute Gasteiger partial charge is 0.314 e. The highest BCUT2D eigenvalue weighted by Gasteiger charge is 2.28. The molecule has 3 heteroatoms. The molecule has 0 aromatic carbocycles. The van der Waals surface area contributed by atoms with Gasteiger partial charge in [0.2, 0.25) is 5.91 Å². The molecule has 66 valence electrons. The van der Waals surface area contributed by atoms with Crippen LogP contribution in [0.4, 0.5) is 0 Å². The van der Waals surface area contributed by atoms with E-state index >= 15 is 0 Å². The maximum atomic E-state index is 11.3. The molecule has 1 heterocycles. The summed E-state index contributed by atoms with van der Waals surface area (Å²) in [6.45, 7) is 2.28. The van der Waals surface area contributed by atoms with Gasteiger partial charge in [0.25, 0.3) is 0 Å². The second-order valence-electron chi connectivity index (χ2n) is 2.99. The van der Waals surface area contributed by atoms with E-state index in [-0.39, 0.29) is 11.8 Å². The Bertz CT molecular complexity index is 330. The minimum atomic E-state index is -0.00505. The SMILES string of the molecule is C#CC1CC(=O)N(C(C)=CC#N)C1. The topological polar surface area (TPSA) is 44.1 Å². The van der Waals surface area contributed by atoms with Crippen LogP contribution in [0.3, 0.4) is 0 Å². The number of rotatable bonds is 1. The first kappa shape index (κ1) is 9.35. The number of terminal acetylenes is 1. The second-order valence-corrected chi connectivity index (χ2v) is 2.99. The van der Waals surface area contributed by atoms with Crippen LogP contribution in [0.5, 0.6) is 0 Å². The summed E-state index contributed by atoms with van der Waals surface area (Å²) in [4.78, 5) is 12.9. The molecule has 0 saturated carbocycles. The smallest absolute Gasteiger partial charge is 0.228 e. The lowest BCUT2D eigenvalue weighted by atomic mass is 10.1. The third-order valence-corrected chi connectivity index (χ3v) is 2.06. The maximum absolute atomic E-state index is 11.3. The molecule has 1 atom stereocenters. The highest BCUT2D eigenvalue weighted by Crippen LogP contribution is 2.20. The van der Waals surface area contributed by atoms with Crippen molar-refractivity contribution in [1.82, 2.24) is 4.90 Å². The van der Waals surface area contributed by atoms with Gasteiger partial charge in [-0.1, -0.05) is 0 Å². The molecular formula is C10H10N2O. The number of hydrogen-bond donors (Lipinski definition) is 0. The molecule has 0 aromatic heterocycles. The van der Waals surface area contributed by atoms with E-state index in [1.807, 2.05) is 6.07 Å². The van der Waals surface area contributed by atoms with Crippen LogP contribution in [-0.4, -0.2) is 17.4 Å². The van der Waals surface area contributed by atoms with Crippen LogP contribution in [-0.2, 0) is 4.79 Å². The minimum absolute atomic E-state index is 0.00505. The normalized spacial score (nSPS) is 22.7. The van der Waals surface area contributed by atoms with Crippen molar-refractivity contribution in [2.45, 2.75) is 13.3 Å². The van der Waals surface area contributed by atoms with E-state index in [1.54, 1.807) is 11.8 Å².